The Hall–Kier alpha value is -6.68. The summed E-state index contributed by atoms with van der Waals surface area (Å²) in [7, 11) is -14.6. The predicted octanol–water partition coefficient (Wildman–Crippen LogP) is 10.8. The number of nitro groups is 1. The number of benzene rings is 6. The summed E-state index contributed by atoms with van der Waals surface area (Å²) < 4.78 is 124. The minimum atomic E-state index is -3.77. The van der Waals surface area contributed by atoms with Crippen LogP contribution in [-0.2, 0) is 73.9 Å². The number of rotatable bonds is 12. The molecular formula is C60H60Br3N7O17S4. The van der Waals surface area contributed by atoms with Crippen LogP contribution in [0.15, 0.2) is 160 Å². The molecule has 12 rings (SSSR count). The van der Waals surface area contributed by atoms with Crippen molar-refractivity contribution >= 4 is 135 Å². The van der Waals surface area contributed by atoms with Crippen LogP contribution in [0, 0.1) is 10.1 Å². The molecule has 3 fully saturated rings. The van der Waals surface area contributed by atoms with Crippen molar-refractivity contribution in [1.29, 1.82) is 0 Å². The second-order valence-corrected chi connectivity index (χ2v) is 32.7. The van der Waals surface area contributed by atoms with Crippen LogP contribution in [0.2, 0.25) is 0 Å². The molecular weight excluding hydrogens is 1460 g/mol. The number of Topliss-reactive ketones (excluding diaryl/α,β-unsaturated/α-hetero) is 1. The number of sulfonamides is 3. The molecule has 6 aromatic carbocycles. The molecule has 6 aromatic rings. The fraction of sp³-hybridized carbons (Fsp3) is 0.333. The van der Waals surface area contributed by atoms with Crippen molar-refractivity contribution in [2.75, 3.05) is 60.2 Å². The highest BCUT2D eigenvalue weighted by atomic mass is 79.9. The topological polar surface area (TPSA) is 295 Å². The molecule has 0 atom stereocenters. The van der Waals surface area contributed by atoms with Gasteiger partial charge in [0, 0.05) is 111 Å². The first-order chi connectivity index (χ1) is 43.1. The molecule has 91 heavy (non-hydrogen) atoms. The van der Waals surface area contributed by atoms with Gasteiger partial charge in [-0.05, 0) is 149 Å². The largest absolute Gasteiger partial charge is 0.444 e. The smallest absolute Gasteiger partial charge is 0.414 e. The Morgan fingerprint density at radius 3 is 1.00 bits per heavy atom. The van der Waals surface area contributed by atoms with E-state index in [1.807, 2.05) is 54.6 Å². The van der Waals surface area contributed by atoms with Crippen molar-refractivity contribution in [3.63, 3.8) is 0 Å². The first-order valence-electron chi connectivity index (χ1n) is 28.5. The molecule has 0 aliphatic carbocycles. The van der Waals surface area contributed by atoms with Gasteiger partial charge >= 0.3 is 18.3 Å². The minimum absolute atomic E-state index is 0.0131. The standard InChI is InChI=1S/C21H21BrN2O5S.C20H21BrN2O6S2.C19H18BrN3O6S/c1-14(25)15-2-5-19(6-3-15)30(27,28)23-10-8-18(9-11-23)24-20-7-4-17(22)12-16(20)13-29-21(24)26;1-30(25,26)17-3-5-18(6-4-17)31(27,28)22-10-8-16(9-11-22)23-19-7-2-15(21)12-14(19)13-29-20(23)24;20-14-1-6-18-13(11-14)12-29-19(24)22(18)15-7-9-21(10-8-15)30(27,28)17-4-2-16(3-5-17)23(25)26/h2-7,12,18H,8-11,13H2,1H3;2-7,12,16H,8-11,13H2,1H3;1-6,11,15H,7-10,12H2. The lowest BCUT2D eigenvalue weighted by Gasteiger charge is -2.39. The molecule has 3 saturated heterocycles. The van der Waals surface area contributed by atoms with E-state index in [2.05, 4.69) is 47.8 Å². The van der Waals surface area contributed by atoms with E-state index >= 15 is 0 Å². The van der Waals surface area contributed by atoms with E-state index in [1.165, 1.54) is 92.6 Å². The molecule has 0 radical (unpaired) electrons. The van der Waals surface area contributed by atoms with E-state index in [1.54, 1.807) is 14.7 Å². The third-order valence-electron chi connectivity index (χ3n) is 16.4. The minimum Gasteiger partial charge on any atom is -0.444 e. The number of halogens is 3. The summed E-state index contributed by atoms with van der Waals surface area (Å²) in [6.45, 7) is 3.66. The van der Waals surface area contributed by atoms with Crippen molar-refractivity contribution < 1.29 is 72.0 Å². The lowest BCUT2D eigenvalue weighted by molar-refractivity contribution is -0.384. The van der Waals surface area contributed by atoms with Gasteiger partial charge in [0.05, 0.1) is 41.6 Å². The Kier molecular flexibility index (Phi) is 20.3. The van der Waals surface area contributed by atoms with Crippen molar-refractivity contribution in [3.8, 4) is 0 Å². The maximum Gasteiger partial charge on any atom is 0.414 e. The first-order valence-corrected chi connectivity index (χ1v) is 37.1. The number of sulfone groups is 1. The number of ketones is 1. The number of carbonyl (C=O) groups excluding carboxylic acids is 4. The van der Waals surface area contributed by atoms with Gasteiger partial charge < -0.3 is 14.2 Å². The normalized spacial score (nSPS) is 18.2. The Bertz CT molecular complexity index is 4100. The van der Waals surface area contributed by atoms with Crippen molar-refractivity contribution in [1.82, 2.24) is 12.9 Å². The van der Waals surface area contributed by atoms with Gasteiger partial charge in [0.2, 0.25) is 30.1 Å². The molecule has 0 unspecified atom stereocenters. The van der Waals surface area contributed by atoms with Gasteiger partial charge in [0.1, 0.15) is 19.8 Å². The quantitative estimate of drug-likeness (QED) is 0.0476. The Morgan fingerprint density at radius 1 is 0.451 bits per heavy atom. The van der Waals surface area contributed by atoms with Gasteiger partial charge in [-0.2, -0.15) is 12.9 Å². The first kappa shape index (κ1) is 67.2. The van der Waals surface area contributed by atoms with Gasteiger partial charge in [-0.25, -0.2) is 48.1 Å². The Balaban J connectivity index is 0.000000150. The molecule has 0 saturated carbocycles. The zero-order valence-electron chi connectivity index (χ0n) is 48.8. The number of amides is 3. The lowest BCUT2D eigenvalue weighted by atomic mass is 10.0. The van der Waals surface area contributed by atoms with Crippen molar-refractivity contribution in [2.45, 2.75) is 103 Å². The highest BCUT2D eigenvalue weighted by molar-refractivity contribution is 9.11. The van der Waals surface area contributed by atoms with Crippen LogP contribution in [0.1, 0.15) is 72.5 Å². The fourth-order valence-electron chi connectivity index (χ4n) is 11.6. The van der Waals surface area contributed by atoms with Crippen molar-refractivity contribution in [2.24, 2.45) is 0 Å². The molecule has 0 bridgehead atoms. The monoisotopic (exact) mass is 1520 g/mol. The molecule has 0 N–H and O–H groups in total. The van der Waals surface area contributed by atoms with Gasteiger partial charge in [0.15, 0.2) is 15.6 Å². The number of ether oxygens (including phenoxy) is 3. The fourth-order valence-corrected chi connectivity index (χ4v) is 17.9. The molecule has 0 spiro atoms. The van der Waals surface area contributed by atoms with E-state index in [0.717, 1.165) is 53.4 Å². The number of cyclic esters (lactones) is 3. The molecule has 24 nitrogen and oxygen atoms in total. The summed E-state index contributed by atoms with van der Waals surface area (Å²) in [6.07, 6.45) is 2.68. The zero-order chi connectivity index (χ0) is 65.3. The van der Waals surface area contributed by atoms with E-state index < -0.39 is 63.1 Å². The Labute approximate surface area is 551 Å². The molecule has 482 valence electrons. The highest BCUT2D eigenvalue weighted by Crippen LogP contribution is 2.39. The van der Waals surface area contributed by atoms with Crippen LogP contribution in [0.4, 0.5) is 37.1 Å². The van der Waals surface area contributed by atoms with Gasteiger partial charge in [0.25, 0.3) is 5.69 Å². The number of anilines is 3. The second kappa shape index (κ2) is 27.5. The number of nitro benzene ring substituents is 1. The van der Waals surface area contributed by atoms with Gasteiger partial charge in [-0.15, -0.1) is 0 Å². The van der Waals surface area contributed by atoms with Crippen LogP contribution >= 0.6 is 47.8 Å². The third kappa shape index (κ3) is 14.7. The maximum absolute atomic E-state index is 13.0. The highest BCUT2D eigenvalue weighted by Gasteiger charge is 2.41. The van der Waals surface area contributed by atoms with E-state index in [-0.39, 0.29) is 95.2 Å². The number of non-ortho nitro benzene ring substituents is 1. The SMILES string of the molecule is CC(=O)c1ccc(S(=O)(=O)N2CCC(N3C(=O)OCc4cc(Br)ccc43)CC2)cc1.CS(=O)(=O)c1ccc(S(=O)(=O)N2CCC(N3C(=O)OCc4cc(Br)ccc43)CC2)cc1.O=C1OCc2cc(Br)ccc2N1C1CCN(S(=O)(=O)c2ccc([N+](=O)[O-])cc2)CC1. The van der Waals surface area contributed by atoms with Gasteiger partial charge in [-0.3, -0.25) is 29.6 Å². The van der Waals surface area contributed by atoms with E-state index in [9.17, 15) is 63.0 Å². The summed E-state index contributed by atoms with van der Waals surface area (Å²) in [6, 6.07) is 32.5. The number of carbonyl (C=O) groups is 4. The lowest BCUT2D eigenvalue weighted by Crippen LogP contribution is -2.50. The zero-order valence-corrected chi connectivity index (χ0v) is 56.8. The van der Waals surface area contributed by atoms with Crippen LogP contribution in [0.25, 0.3) is 0 Å². The third-order valence-corrected chi connectivity index (χ3v) is 24.7. The summed E-state index contributed by atoms with van der Waals surface area (Å²) in [5.74, 6) is -0.111. The molecule has 6 heterocycles. The molecule has 6 aliphatic heterocycles. The van der Waals surface area contributed by atoms with E-state index in [4.69, 9.17) is 14.2 Å². The number of hydrogen-bond donors (Lipinski definition) is 0. The summed E-state index contributed by atoms with van der Waals surface area (Å²) in [4.78, 5) is 64.2. The van der Waals surface area contributed by atoms with Crippen LogP contribution in [0.3, 0.4) is 0 Å². The second-order valence-electron chi connectivity index (χ2n) is 22.1. The van der Waals surface area contributed by atoms with E-state index in [0.29, 0.717) is 57.2 Å². The molecule has 0 aromatic heterocycles. The average Bonchev–Trinajstić information content (AvgIpc) is 1.07. The summed E-state index contributed by atoms with van der Waals surface area (Å²) in [5, 5.41) is 10.8. The Morgan fingerprint density at radius 2 is 0.725 bits per heavy atom. The number of hydrogen-bond acceptors (Lipinski definition) is 17. The van der Waals surface area contributed by atoms with Crippen LogP contribution < -0.4 is 14.7 Å². The maximum atomic E-state index is 13.0. The van der Waals surface area contributed by atoms with Crippen molar-refractivity contribution in [3.05, 3.63) is 173 Å². The van der Waals surface area contributed by atoms with Gasteiger partial charge in [-0.1, -0.05) is 59.9 Å². The number of nitrogens with zero attached hydrogens (tertiary/aromatic N) is 7. The predicted molar refractivity (Wildman–Crippen MR) is 345 cm³/mol. The number of piperidine rings is 3. The molecule has 31 heteroatoms. The molecule has 6 aliphatic rings. The summed E-state index contributed by atoms with van der Waals surface area (Å²) in [5.41, 5.74) is 5.41. The summed E-state index contributed by atoms with van der Waals surface area (Å²) >= 11 is 10.3. The molecule has 3 amide bonds. The number of fused-ring (bicyclic) bond motifs is 3. The van der Waals surface area contributed by atoms with Crippen LogP contribution in [-0.4, -0.2) is 139 Å². The average molecular weight is 1520 g/mol. The van der Waals surface area contributed by atoms with Crippen LogP contribution in [0.5, 0.6) is 0 Å².